The summed E-state index contributed by atoms with van der Waals surface area (Å²) in [6, 6.07) is 8.18. The van der Waals surface area contributed by atoms with Crippen LogP contribution in [0.3, 0.4) is 0 Å². The Bertz CT molecular complexity index is 396. The van der Waals surface area contributed by atoms with Crippen molar-refractivity contribution in [2.45, 2.75) is 53.1 Å². The van der Waals surface area contributed by atoms with E-state index < -0.39 is 0 Å². The Morgan fingerprint density at radius 1 is 1.05 bits per heavy atom. The van der Waals surface area contributed by atoms with Crippen molar-refractivity contribution in [3.05, 3.63) is 29.8 Å². The lowest BCUT2D eigenvalue weighted by Crippen LogP contribution is -2.35. The Labute approximate surface area is 130 Å². The van der Waals surface area contributed by atoms with Crippen molar-refractivity contribution < 1.29 is 9.47 Å². The molecule has 3 nitrogen and oxygen atoms in total. The van der Waals surface area contributed by atoms with Crippen molar-refractivity contribution in [3.63, 3.8) is 0 Å². The summed E-state index contributed by atoms with van der Waals surface area (Å²) in [7, 11) is 0. The van der Waals surface area contributed by atoms with E-state index in [0.29, 0.717) is 19.1 Å². The summed E-state index contributed by atoms with van der Waals surface area (Å²) in [4.78, 5) is 0. The monoisotopic (exact) mass is 293 g/mol. The first kappa shape index (κ1) is 18.0. The number of hydrogen-bond acceptors (Lipinski definition) is 3. The summed E-state index contributed by atoms with van der Waals surface area (Å²) in [5.41, 5.74) is 1.29. The second-order valence-electron chi connectivity index (χ2n) is 6.85. The molecule has 0 aliphatic rings. The minimum Gasteiger partial charge on any atom is -0.491 e. The molecule has 0 aliphatic carbocycles. The van der Waals surface area contributed by atoms with Crippen LogP contribution in [0.4, 0.5) is 0 Å². The lowest BCUT2D eigenvalue weighted by atomic mass is 10.1. The molecular formula is C18H31NO2. The molecule has 0 atom stereocenters. The molecule has 0 saturated heterocycles. The third-order valence-electron chi connectivity index (χ3n) is 3.11. The Kier molecular flexibility index (Phi) is 7.76. The van der Waals surface area contributed by atoms with Crippen molar-refractivity contribution in [1.29, 1.82) is 0 Å². The topological polar surface area (TPSA) is 30.5 Å². The van der Waals surface area contributed by atoms with E-state index >= 15 is 0 Å². The molecule has 1 aromatic rings. The van der Waals surface area contributed by atoms with Crippen molar-refractivity contribution in [2.24, 2.45) is 5.92 Å². The SMILES string of the molecule is CC(C)CCOCCOc1ccccc1CNC(C)(C)C. The quantitative estimate of drug-likeness (QED) is 0.698. The summed E-state index contributed by atoms with van der Waals surface area (Å²) in [5, 5.41) is 3.49. The number of ether oxygens (including phenoxy) is 2. The van der Waals surface area contributed by atoms with E-state index in [1.165, 1.54) is 5.56 Å². The fraction of sp³-hybridized carbons (Fsp3) is 0.667. The van der Waals surface area contributed by atoms with Crippen LogP contribution in [0.1, 0.15) is 46.6 Å². The van der Waals surface area contributed by atoms with E-state index in [1.807, 2.05) is 18.2 Å². The van der Waals surface area contributed by atoms with Crippen molar-refractivity contribution in [1.82, 2.24) is 5.32 Å². The average Bonchev–Trinajstić information content (AvgIpc) is 2.40. The highest BCUT2D eigenvalue weighted by Crippen LogP contribution is 2.18. The first-order chi connectivity index (χ1) is 9.88. The maximum absolute atomic E-state index is 5.84. The molecule has 1 aromatic carbocycles. The summed E-state index contributed by atoms with van der Waals surface area (Å²) in [6.45, 7) is 13.8. The second-order valence-corrected chi connectivity index (χ2v) is 6.85. The first-order valence-corrected chi connectivity index (χ1v) is 7.92. The van der Waals surface area contributed by atoms with E-state index in [2.05, 4.69) is 46.0 Å². The molecule has 3 heteroatoms. The van der Waals surface area contributed by atoms with Crippen LogP contribution in [0.15, 0.2) is 24.3 Å². The Morgan fingerprint density at radius 3 is 2.43 bits per heavy atom. The molecule has 0 heterocycles. The normalized spacial score (nSPS) is 11.9. The third kappa shape index (κ3) is 8.74. The first-order valence-electron chi connectivity index (χ1n) is 7.92. The Morgan fingerprint density at radius 2 is 1.76 bits per heavy atom. The Balaban J connectivity index is 2.34. The zero-order valence-corrected chi connectivity index (χ0v) is 14.2. The average molecular weight is 293 g/mol. The summed E-state index contributed by atoms with van der Waals surface area (Å²) in [5.74, 6) is 1.64. The van der Waals surface area contributed by atoms with Crippen LogP contribution in [-0.2, 0) is 11.3 Å². The molecule has 0 radical (unpaired) electrons. The van der Waals surface area contributed by atoms with Crippen LogP contribution in [0.5, 0.6) is 5.75 Å². The molecule has 0 aliphatic heterocycles. The second kappa shape index (κ2) is 9.06. The van der Waals surface area contributed by atoms with Crippen LogP contribution >= 0.6 is 0 Å². The highest BCUT2D eigenvalue weighted by Gasteiger charge is 2.10. The van der Waals surface area contributed by atoms with Crippen LogP contribution in [-0.4, -0.2) is 25.4 Å². The molecule has 120 valence electrons. The summed E-state index contributed by atoms with van der Waals surface area (Å²) < 4.78 is 11.4. The minimum absolute atomic E-state index is 0.104. The van der Waals surface area contributed by atoms with Crippen LogP contribution < -0.4 is 10.1 Å². The van der Waals surface area contributed by atoms with Gasteiger partial charge in [-0.15, -0.1) is 0 Å². The van der Waals surface area contributed by atoms with Gasteiger partial charge in [0.15, 0.2) is 0 Å². The van der Waals surface area contributed by atoms with Gasteiger partial charge in [0.05, 0.1) is 6.61 Å². The Hall–Kier alpha value is -1.06. The predicted molar refractivity (Wildman–Crippen MR) is 88.8 cm³/mol. The van der Waals surface area contributed by atoms with Crippen molar-refractivity contribution >= 4 is 0 Å². The van der Waals surface area contributed by atoms with Gasteiger partial charge >= 0.3 is 0 Å². The van der Waals surface area contributed by atoms with Gasteiger partial charge in [-0.05, 0) is 39.2 Å². The fourth-order valence-electron chi connectivity index (χ4n) is 1.78. The summed E-state index contributed by atoms with van der Waals surface area (Å²) in [6.07, 6.45) is 1.10. The number of rotatable bonds is 9. The fourth-order valence-corrected chi connectivity index (χ4v) is 1.78. The van der Waals surface area contributed by atoms with E-state index in [1.54, 1.807) is 0 Å². The lowest BCUT2D eigenvalue weighted by Gasteiger charge is -2.21. The largest absolute Gasteiger partial charge is 0.491 e. The third-order valence-corrected chi connectivity index (χ3v) is 3.11. The van der Waals surface area contributed by atoms with Crippen molar-refractivity contribution in [3.8, 4) is 5.75 Å². The highest BCUT2D eigenvalue weighted by atomic mass is 16.5. The molecular weight excluding hydrogens is 262 g/mol. The number of para-hydroxylation sites is 1. The molecule has 0 spiro atoms. The van der Waals surface area contributed by atoms with Crippen molar-refractivity contribution in [2.75, 3.05) is 19.8 Å². The van der Waals surface area contributed by atoms with E-state index in [0.717, 1.165) is 25.3 Å². The highest BCUT2D eigenvalue weighted by molar-refractivity contribution is 5.33. The van der Waals surface area contributed by atoms with E-state index in [4.69, 9.17) is 9.47 Å². The molecule has 0 bridgehead atoms. The van der Waals surface area contributed by atoms with Gasteiger partial charge < -0.3 is 14.8 Å². The van der Waals surface area contributed by atoms with Gasteiger partial charge in [0.2, 0.25) is 0 Å². The lowest BCUT2D eigenvalue weighted by molar-refractivity contribution is 0.0922. The molecule has 0 aromatic heterocycles. The van der Waals surface area contributed by atoms with Gasteiger partial charge in [-0.25, -0.2) is 0 Å². The van der Waals surface area contributed by atoms with Crippen LogP contribution in [0, 0.1) is 5.92 Å². The van der Waals surface area contributed by atoms with Gasteiger partial charge in [0, 0.05) is 24.3 Å². The van der Waals surface area contributed by atoms with Crippen LogP contribution in [0.2, 0.25) is 0 Å². The maximum atomic E-state index is 5.84. The molecule has 1 N–H and O–H groups in total. The molecule has 1 rings (SSSR count). The number of hydrogen-bond donors (Lipinski definition) is 1. The molecule has 0 saturated carbocycles. The van der Waals surface area contributed by atoms with Gasteiger partial charge in [-0.2, -0.15) is 0 Å². The standard InChI is InChI=1S/C18H31NO2/c1-15(2)10-11-20-12-13-21-17-9-7-6-8-16(17)14-19-18(3,4)5/h6-9,15,19H,10-14H2,1-5H3. The van der Waals surface area contributed by atoms with E-state index in [-0.39, 0.29) is 5.54 Å². The molecule has 0 fully saturated rings. The van der Waals surface area contributed by atoms with E-state index in [9.17, 15) is 0 Å². The summed E-state index contributed by atoms with van der Waals surface area (Å²) >= 11 is 0. The number of benzene rings is 1. The number of nitrogens with one attached hydrogen (secondary N) is 1. The van der Waals surface area contributed by atoms with Crippen LogP contribution in [0.25, 0.3) is 0 Å². The molecule has 0 amide bonds. The minimum atomic E-state index is 0.104. The zero-order chi connectivity index (χ0) is 15.7. The molecule has 21 heavy (non-hydrogen) atoms. The smallest absolute Gasteiger partial charge is 0.123 e. The van der Waals surface area contributed by atoms with Gasteiger partial charge in [0.25, 0.3) is 0 Å². The van der Waals surface area contributed by atoms with Gasteiger partial charge in [-0.1, -0.05) is 32.0 Å². The zero-order valence-electron chi connectivity index (χ0n) is 14.2. The van der Waals surface area contributed by atoms with Gasteiger partial charge in [0.1, 0.15) is 12.4 Å². The predicted octanol–water partition coefficient (Wildman–Crippen LogP) is 4.02. The maximum Gasteiger partial charge on any atom is 0.123 e. The van der Waals surface area contributed by atoms with Gasteiger partial charge in [-0.3, -0.25) is 0 Å². The molecule has 0 unspecified atom stereocenters.